The van der Waals surface area contributed by atoms with Crippen molar-refractivity contribution < 1.29 is 0 Å². The maximum absolute atomic E-state index is 6.01. The van der Waals surface area contributed by atoms with Crippen molar-refractivity contribution in [3.8, 4) is 0 Å². The molecule has 1 saturated carbocycles. The molecule has 0 amide bonds. The van der Waals surface area contributed by atoms with E-state index in [-0.39, 0.29) is 0 Å². The number of hydrogen-bond acceptors (Lipinski definition) is 1. The van der Waals surface area contributed by atoms with E-state index in [1.165, 1.54) is 24.1 Å². The van der Waals surface area contributed by atoms with Crippen LogP contribution in [0.3, 0.4) is 0 Å². The van der Waals surface area contributed by atoms with E-state index in [2.05, 4.69) is 21.3 Å². The Morgan fingerprint density at radius 1 is 1.62 bits per heavy atom. The van der Waals surface area contributed by atoms with Gasteiger partial charge in [-0.2, -0.15) is 0 Å². The number of thiophene rings is 1. The van der Waals surface area contributed by atoms with Crippen LogP contribution in [0, 0.1) is 5.92 Å². The predicted octanol–water partition coefficient (Wildman–Crippen LogP) is 4.51. The fourth-order valence-electron chi connectivity index (χ4n) is 1.47. The second-order valence-electron chi connectivity index (χ2n) is 3.58. The van der Waals surface area contributed by atoms with Gasteiger partial charge in [0.2, 0.25) is 0 Å². The highest BCUT2D eigenvalue weighted by atomic mass is 79.9. The van der Waals surface area contributed by atoms with Crippen LogP contribution in [0.4, 0.5) is 0 Å². The van der Waals surface area contributed by atoms with Gasteiger partial charge in [-0.25, -0.2) is 0 Å². The zero-order valence-corrected chi connectivity index (χ0v) is 10.5. The van der Waals surface area contributed by atoms with Crippen LogP contribution >= 0.6 is 38.9 Å². The van der Waals surface area contributed by atoms with E-state index in [0.29, 0.717) is 4.83 Å². The lowest BCUT2D eigenvalue weighted by molar-refractivity contribution is 0.701. The molecule has 0 saturated heterocycles. The van der Waals surface area contributed by atoms with Crippen LogP contribution < -0.4 is 0 Å². The molecule has 13 heavy (non-hydrogen) atoms. The Morgan fingerprint density at radius 3 is 2.92 bits per heavy atom. The summed E-state index contributed by atoms with van der Waals surface area (Å²) in [6, 6.07) is 1.99. The number of rotatable bonds is 4. The van der Waals surface area contributed by atoms with Crippen LogP contribution in [0.25, 0.3) is 0 Å². The largest absolute Gasteiger partial charge is 0.147 e. The number of halogens is 2. The number of alkyl halides is 1. The molecule has 1 unspecified atom stereocenters. The molecule has 0 spiro atoms. The summed E-state index contributed by atoms with van der Waals surface area (Å²) in [5, 5.41) is 3.01. The normalized spacial score (nSPS) is 18.9. The van der Waals surface area contributed by atoms with E-state index < -0.39 is 0 Å². The van der Waals surface area contributed by atoms with Crippen molar-refractivity contribution in [1.82, 2.24) is 0 Å². The van der Waals surface area contributed by atoms with E-state index in [0.717, 1.165) is 17.4 Å². The molecule has 0 N–H and O–H groups in total. The number of hydrogen-bond donors (Lipinski definition) is 0. The molecule has 0 aliphatic heterocycles. The quantitative estimate of drug-likeness (QED) is 0.712. The summed E-state index contributed by atoms with van der Waals surface area (Å²) in [6.45, 7) is 0. The lowest BCUT2D eigenvalue weighted by Gasteiger charge is -2.06. The fraction of sp³-hybridized carbons (Fsp3) is 0.600. The summed E-state index contributed by atoms with van der Waals surface area (Å²) >= 11 is 11.5. The summed E-state index contributed by atoms with van der Waals surface area (Å²) in [6.07, 6.45) is 5.18. The Hall–Kier alpha value is 0.470. The maximum atomic E-state index is 6.01. The van der Waals surface area contributed by atoms with Gasteiger partial charge in [0.25, 0.3) is 0 Å². The topological polar surface area (TPSA) is 0 Å². The Balaban J connectivity index is 1.81. The first-order valence-electron chi connectivity index (χ1n) is 4.63. The van der Waals surface area contributed by atoms with Crippen LogP contribution in [0.1, 0.15) is 24.1 Å². The van der Waals surface area contributed by atoms with Crippen LogP contribution in [0.2, 0.25) is 5.02 Å². The summed E-state index contributed by atoms with van der Waals surface area (Å²) in [4.78, 5) is 2.05. The third-order valence-electron chi connectivity index (χ3n) is 2.47. The van der Waals surface area contributed by atoms with Crippen LogP contribution in [-0.2, 0) is 6.42 Å². The lowest BCUT2D eigenvalue weighted by atomic mass is 10.1. The molecule has 1 atom stereocenters. The van der Waals surface area contributed by atoms with Gasteiger partial charge in [-0.1, -0.05) is 27.5 Å². The SMILES string of the molecule is Clc1ccsc1CCC(Br)C1CC1. The summed E-state index contributed by atoms with van der Waals surface area (Å²) in [7, 11) is 0. The predicted molar refractivity (Wildman–Crippen MR) is 63.1 cm³/mol. The Labute approximate surface area is 96.4 Å². The van der Waals surface area contributed by atoms with Gasteiger partial charge in [-0.05, 0) is 43.0 Å². The molecule has 1 aromatic rings. The molecule has 1 aromatic heterocycles. The highest BCUT2D eigenvalue weighted by Crippen LogP contribution is 2.39. The van der Waals surface area contributed by atoms with Crippen molar-refractivity contribution in [3.63, 3.8) is 0 Å². The summed E-state index contributed by atoms with van der Waals surface area (Å²) in [5.74, 6) is 0.943. The Kier molecular flexibility index (Phi) is 3.33. The Bertz CT molecular complexity index is 280. The highest BCUT2D eigenvalue weighted by Gasteiger charge is 2.28. The third kappa shape index (κ3) is 2.71. The van der Waals surface area contributed by atoms with Crippen molar-refractivity contribution in [3.05, 3.63) is 21.3 Å². The second kappa shape index (κ2) is 4.33. The van der Waals surface area contributed by atoms with Gasteiger partial charge in [-0.15, -0.1) is 11.3 Å². The second-order valence-corrected chi connectivity index (χ2v) is 6.17. The third-order valence-corrected chi connectivity index (χ3v) is 5.12. The van der Waals surface area contributed by atoms with Crippen molar-refractivity contribution >= 4 is 38.9 Å². The standard InChI is InChI=1S/C10H12BrClS/c11-8(7-1-2-7)3-4-10-9(12)5-6-13-10/h5-8H,1-4H2. The minimum Gasteiger partial charge on any atom is -0.147 e. The van der Waals surface area contributed by atoms with Crippen LogP contribution in [0.15, 0.2) is 11.4 Å². The Morgan fingerprint density at radius 2 is 2.38 bits per heavy atom. The van der Waals surface area contributed by atoms with Gasteiger partial charge in [0.15, 0.2) is 0 Å². The van der Waals surface area contributed by atoms with Gasteiger partial charge >= 0.3 is 0 Å². The monoisotopic (exact) mass is 278 g/mol. The van der Waals surface area contributed by atoms with Gasteiger partial charge in [0.05, 0.1) is 5.02 Å². The average Bonchev–Trinajstić information content (AvgIpc) is 2.88. The van der Waals surface area contributed by atoms with Crippen LogP contribution in [-0.4, -0.2) is 4.83 Å². The van der Waals surface area contributed by atoms with Crippen molar-refractivity contribution in [2.45, 2.75) is 30.5 Å². The highest BCUT2D eigenvalue weighted by molar-refractivity contribution is 9.09. The molecule has 0 aromatic carbocycles. The molecule has 1 aliphatic rings. The fourth-order valence-corrected chi connectivity index (χ4v) is 3.37. The molecule has 1 aliphatic carbocycles. The molecule has 0 bridgehead atoms. The zero-order valence-electron chi connectivity index (χ0n) is 7.30. The van der Waals surface area contributed by atoms with E-state index in [1.54, 1.807) is 11.3 Å². The molecule has 0 radical (unpaired) electrons. The van der Waals surface area contributed by atoms with E-state index in [9.17, 15) is 0 Å². The maximum Gasteiger partial charge on any atom is 0.0544 e. The van der Waals surface area contributed by atoms with Crippen molar-refractivity contribution in [1.29, 1.82) is 0 Å². The molecule has 2 rings (SSSR count). The van der Waals surface area contributed by atoms with Gasteiger partial charge in [0, 0.05) is 9.70 Å². The first-order valence-corrected chi connectivity index (χ1v) is 6.80. The van der Waals surface area contributed by atoms with E-state index >= 15 is 0 Å². The average molecular weight is 280 g/mol. The molecule has 1 heterocycles. The van der Waals surface area contributed by atoms with Gasteiger partial charge in [-0.3, -0.25) is 0 Å². The van der Waals surface area contributed by atoms with Crippen molar-refractivity contribution in [2.24, 2.45) is 5.92 Å². The van der Waals surface area contributed by atoms with Gasteiger partial charge < -0.3 is 0 Å². The minimum absolute atomic E-state index is 0.714. The summed E-state index contributed by atoms with van der Waals surface area (Å²) in [5.41, 5.74) is 0. The molecule has 3 heteroatoms. The molecule has 72 valence electrons. The van der Waals surface area contributed by atoms with E-state index in [4.69, 9.17) is 11.6 Å². The zero-order chi connectivity index (χ0) is 9.26. The first-order chi connectivity index (χ1) is 6.27. The minimum atomic E-state index is 0.714. The lowest BCUT2D eigenvalue weighted by Crippen LogP contribution is -2.01. The first kappa shape index (κ1) is 10.0. The molecule has 0 nitrogen and oxygen atoms in total. The molecular formula is C10H12BrClS. The van der Waals surface area contributed by atoms with Gasteiger partial charge in [0.1, 0.15) is 0 Å². The summed E-state index contributed by atoms with van der Waals surface area (Å²) < 4.78 is 0. The van der Waals surface area contributed by atoms with Crippen LogP contribution in [0.5, 0.6) is 0 Å². The van der Waals surface area contributed by atoms with Crippen molar-refractivity contribution in [2.75, 3.05) is 0 Å². The molecular weight excluding hydrogens is 268 g/mol. The van der Waals surface area contributed by atoms with E-state index in [1.807, 2.05) is 6.07 Å². The number of aryl methyl sites for hydroxylation is 1. The smallest absolute Gasteiger partial charge is 0.0544 e. The molecule has 1 fully saturated rings.